The van der Waals surface area contributed by atoms with E-state index in [4.69, 9.17) is 11.6 Å². The molecule has 116 valence electrons. The SMILES string of the molecule is C[C@@H](Sc1ccc(F)c(Cl)c1)C(=O)NCCc1ccccc1. The predicted molar refractivity (Wildman–Crippen MR) is 89.9 cm³/mol. The van der Waals surface area contributed by atoms with Gasteiger partial charge in [0.1, 0.15) is 5.82 Å². The van der Waals surface area contributed by atoms with Gasteiger partial charge >= 0.3 is 0 Å². The number of hydrogen-bond donors (Lipinski definition) is 1. The van der Waals surface area contributed by atoms with Crippen LogP contribution in [0.2, 0.25) is 5.02 Å². The van der Waals surface area contributed by atoms with Crippen LogP contribution in [-0.2, 0) is 11.2 Å². The molecular formula is C17H17ClFNOS. The summed E-state index contributed by atoms with van der Waals surface area (Å²) >= 11 is 7.10. The van der Waals surface area contributed by atoms with E-state index in [9.17, 15) is 9.18 Å². The van der Waals surface area contributed by atoms with Crippen molar-refractivity contribution in [3.63, 3.8) is 0 Å². The Labute approximate surface area is 139 Å². The maximum atomic E-state index is 13.1. The molecule has 0 saturated carbocycles. The fourth-order valence-corrected chi connectivity index (χ4v) is 3.10. The molecule has 2 nitrogen and oxygen atoms in total. The largest absolute Gasteiger partial charge is 0.355 e. The van der Waals surface area contributed by atoms with Crippen molar-refractivity contribution in [1.82, 2.24) is 5.32 Å². The van der Waals surface area contributed by atoms with E-state index in [0.29, 0.717) is 6.54 Å². The summed E-state index contributed by atoms with van der Waals surface area (Å²) in [5.74, 6) is -0.493. The number of halogens is 2. The van der Waals surface area contributed by atoms with Crippen LogP contribution < -0.4 is 5.32 Å². The van der Waals surface area contributed by atoms with Crippen LogP contribution in [0.1, 0.15) is 12.5 Å². The maximum Gasteiger partial charge on any atom is 0.233 e. The van der Waals surface area contributed by atoms with Gasteiger partial charge in [0.25, 0.3) is 0 Å². The average Bonchev–Trinajstić information content (AvgIpc) is 2.52. The van der Waals surface area contributed by atoms with E-state index in [-0.39, 0.29) is 16.2 Å². The lowest BCUT2D eigenvalue weighted by Gasteiger charge is -2.12. The summed E-state index contributed by atoms with van der Waals surface area (Å²) in [6.45, 7) is 2.41. The van der Waals surface area contributed by atoms with Crippen LogP contribution in [0.5, 0.6) is 0 Å². The zero-order valence-electron chi connectivity index (χ0n) is 12.2. The van der Waals surface area contributed by atoms with E-state index in [1.165, 1.54) is 29.5 Å². The highest BCUT2D eigenvalue weighted by molar-refractivity contribution is 8.00. The Morgan fingerprint density at radius 1 is 1.27 bits per heavy atom. The number of amides is 1. The van der Waals surface area contributed by atoms with Crippen LogP contribution >= 0.6 is 23.4 Å². The van der Waals surface area contributed by atoms with E-state index in [1.54, 1.807) is 6.07 Å². The highest BCUT2D eigenvalue weighted by Gasteiger charge is 2.14. The Kier molecular flexibility index (Phi) is 6.28. The smallest absolute Gasteiger partial charge is 0.233 e. The van der Waals surface area contributed by atoms with Crippen LogP contribution in [0, 0.1) is 5.82 Å². The summed E-state index contributed by atoms with van der Waals surface area (Å²) in [6.07, 6.45) is 0.798. The molecule has 0 heterocycles. The standard InChI is InChI=1S/C17H17ClFNOS/c1-12(22-14-7-8-16(19)15(18)11-14)17(21)20-10-9-13-5-3-2-4-6-13/h2-8,11-12H,9-10H2,1H3,(H,20,21)/t12-/m1/s1. The molecule has 22 heavy (non-hydrogen) atoms. The Balaban J connectivity index is 1.80. The molecule has 0 spiro atoms. The second-order valence-corrected chi connectivity index (χ2v) is 6.68. The van der Waals surface area contributed by atoms with Crippen molar-refractivity contribution in [3.8, 4) is 0 Å². The van der Waals surface area contributed by atoms with Crippen molar-refractivity contribution in [2.24, 2.45) is 0 Å². The molecule has 0 aliphatic carbocycles. The number of thioether (sulfide) groups is 1. The minimum Gasteiger partial charge on any atom is -0.355 e. The van der Waals surface area contributed by atoms with Crippen molar-refractivity contribution >= 4 is 29.3 Å². The summed E-state index contributed by atoms with van der Waals surface area (Å²) in [6, 6.07) is 14.5. The van der Waals surface area contributed by atoms with Gasteiger partial charge in [0, 0.05) is 11.4 Å². The van der Waals surface area contributed by atoms with Crippen molar-refractivity contribution < 1.29 is 9.18 Å². The summed E-state index contributed by atoms with van der Waals surface area (Å²) in [5.41, 5.74) is 1.19. The van der Waals surface area contributed by atoms with Crippen molar-refractivity contribution in [3.05, 3.63) is 64.9 Å². The van der Waals surface area contributed by atoms with E-state index < -0.39 is 5.82 Å². The first-order valence-corrected chi connectivity index (χ1v) is 8.25. The summed E-state index contributed by atoms with van der Waals surface area (Å²) in [7, 11) is 0. The highest BCUT2D eigenvalue weighted by Crippen LogP contribution is 2.27. The van der Waals surface area contributed by atoms with Crippen LogP contribution in [0.15, 0.2) is 53.4 Å². The van der Waals surface area contributed by atoms with Gasteiger partial charge in [-0.25, -0.2) is 4.39 Å². The van der Waals surface area contributed by atoms with Crippen LogP contribution in [-0.4, -0.2) is 17.7 Å². The predicted octanol–water partition coefficient (Wildman–Crippen LogP) is 4.32. The molecule has 5 heteroatoms. The van der Waals surface area contributed by atoms with E-state index >= 15 is 0 Å². The Bertz CT molecular complexity index is 636. The van der Waals surface area contributed by atoms with Gasteiger partial charge in [0.15, 0.2) is 0 Å². The van der Waals surface area contributed by atoms with E-state index in [2.05, 4.69) is 5.32 Å². The van der Waals surface area contributed by atoms with Gasteiger partial charge < -0.3 is 5.32 Å². The molecule has 1 amide bonds. The third kappa shape index (κ3) is 5.04. The van der Waals surface area contributed by atoms with Crippen molar-refractivity contribution in [1.29, 1.82) is 0 Å². The molecule has 2 aromatic rings. The Morgan fingerprint density at radius 3 is 2.68 bits per heavy atom. The average molecular weight is 338 g/mol. The molecule has 1 atom stereocenters. The summed E-state index contributed by atoms with van der Waals surface area (Å²) in [5, 5.41) is 2.71. The number of rotatable bonds is 6. The molecule has 0 bridgehead atoms. The monoisotopic (exact) mass is 337 g/mol. The molecule has 0 aliphatic rings. The van der Waals surface area contributed by atoms with Gasteiger partial charge in [0.05, 0.1) is 10.3 Å². The number of carbonyl (C=O) groups excluding carboxylic acids is 1. The second kappa shape index (κ2) is 8.20. The first-order valence-electron chi connectivity index (χ1n) is 6.99. The number of benzene rings is 2. The third-order valence-electron chi connectivity index (χ3n) is 3.13. The minimum atomic E-state index is -0.453. The lowest BCUT2D eigenvalue weighted by Crippen LogP contribution is -2.32. The maximum absolute atomic E-state index is 13.1. The quantitative estimate of drug-likeness (QED) is 0.795. The second-order valence-electron chi connectivity index (χ2n) is 4.86. The van der Waals surface area contributed by atoms with Crippen LogP contribution in [0.4, 0.5) is 4.39 Å². The first kappa shape index (κ1) is 16.8. The zero-order chi connectivity index (χ0) is 15.9. The first-order chi connectivity index (χ1) is 10.6. The van der Waals surface area contributed by atoms with Gasteiger partial charge in [-0.15, -0.1) is 11.8 Å². The molecule has 0 aliphatic heterocycles. The Morgan fingerprint density at radius 2 is 2.00 bits per heavy atom. The van der Waals surface area contributed by atoms with Crippen molar-refractivity contribution in [2.45, 2.75) is 23.5 Å². The van der Waals surface area contributed by atoms with E-state index in [0.717, 1.165) is 11.3 Å². The van der Waals surface area contributed by atoms with E-state index in [1.807, 2.05) is 37.3 Å². The highest BCUT2D eigenvalue weighted by atomic mass is 35.5. The van der Waals surface area contributed by atoms with Gasteiger partial charge in [-0.05, 0) is 37.1 Å². The van der Waals surface area contributed by atoms with Crippen molar-refractivity contribution in [2.75, 3.05) is 6.54 Å². The minimum absolute atomic E-state index is 0.0404. The molecule has 1 N–H and O–H groups in total. The molecule has 2 aromatic carbocycles. The molecular weight excluding hydrogens is 321 g/mol. The van der Waals surface area contributed by atoms with Crippen LogP contribution in [0.25, 0.3) is 0 Å². The van der Waals surface area contributed by atoms with Gasteiger partial charge in [0.2, 0.25) is 5.91 Å². The Hall–Kier alpha value is -1.52. The fraction of sp³-hybridized carbons (Fsp3) is 0.235. The molecule has 0 unspecified atom stereocenters. The topological polar surface area (TPSA) is 29.1 Å². The molecule has 0 aromatic heterocycles. The lowest BCUT2D eigenvalue weighted by molar-refractivity contribution is -0.120. The van der Waals surface area contributed by atoms with Crippen LogP contribution in [0.3, 0.4) is 0 Å². The normalized spacial score (nSPS) is 12.0. The molecule has 0 saturated heterocycles. The zero-order valence-corrected chi connectivity index (χ0v) is 13.8. The summed E-state index contributed by atoms with van der Waals surface area (Å²) in [4.78, 5) is 12.8. The number of hydrogen-bond acceptors (Lipinski definition) is 2. The molecule has 0 fully saturated rings. The lowest BCUT2D eigenvalue weighted by atomic mass is 10.1. The summed E-state index contributed by atoms with van der Waals surface area (Å²) < 4.78 is 13.1. The molecule has 0 radical (unpaired) electrons. The number of nitrogens with one attached hydrogen (secondary N) is 1. The number of carbonyl (C=O) groups is 1. The fourth-order valence-electron chi connectivity index (χ4n) is 1.93. The van der Waals surface area contributed by atoms with Gasteiger partial charge in [-0.1, -0.05) is 41.9 Å². The third-order valence-corrected chi connectivity index (χ3v) is 4.51. The van der Waals surface area contributed by atoms with Gasteiger partial charge in [-0.3, -0.25) is 4.79 Å². The van der Waals surface area contributed by atoms with Gasteiger partial charge in [-0.2, -0.15) is 0 Å². The molecule has 2 rings (SSSR count).